The molecule has 0 aromatic heterocycles. The standard InChI is InChI=1S/C22H26N2O3/c1-26-21-7-3-2-6-19(21)22(25)24-12-13-27-20-9-8-17(14-18(20)16-24)15-23-10-4-5-11-23/h2-3,6-9,14H,4-5,10-13,15-16H2,1H3. The monoisotopic (exact) mass is 366 g/mol. The van der Waals surface area contributed by atoms with Crippen LogP contribution in [0.4, 0.5) is 0 Å². The van der Waals surface area contributed by atoms with Crippen molar-refractivity contribution in [1.82, 2.24) is 9.80 Å². The Labute approximate surface area is 160 Å². The summed E-state index contributed by atoms with van der Waals surface area (Å²) in [4.78, 5) is 17.4. The molecule has 2 aliphatic rings. The van der Waals surface area contributed by atoms with Crippen LogP contribution in [0, 0.1) is 0 Å². The van der Waals surface area contributed by atoms with Gasteiger partial charge in [-0.1, -0.05) is 18.2 Å². The molecular weight excluding hydrogens is 340 g/mol. The fourth-order valence-corrected chi connectivity index (χ4v) is 3.91. The summed E-state index contributed by atoms with van der Waals surface area (Å²) in [6.07, 6.45) is 2.57. The van der Waals surface area contributed by atoms with Gasteiger partial charge in [0, 0.05) is 18.7 Å². The van der Waals surface area contributed by atoms with Crippen molar-refractivity contribution in [3.8, 4) is 11.5 Å². The zero-order valence-corrected chi connectivity index (χ0v) is 15.8. The Kier molecular flexibility index (Phi) is 5.30. The van der Waals surface area contributed by atoms with Crippen molar-refractivity contribution < 1.29 is 14.3 Å². The molecule has 1 amide bonds. The predicted octanol–water partition coefficient (Wildman–Crippen LogP) is 3.33. The molecule has 2 heterocycles. The largest absolute Gasteiger partial charge is 0.496 e. The van der Waals surface area contributed by atoms with E-state index in [9.17, 15) is 4.79 Å². The number of carbonyl (C=O) groups is 1. The second-order valence-electron chi connectivity index (χ2n) is 7.20. The first-order valence-electron chi connectivity index (χ1n) is 9.64. The molecule has 1 fully saturated rings. The first kappa shape index (κ1) is 17.9. The summed E-state index contributed by atoms with van der Waals surface area (Å²) >= 11 is 0. The molecule has 0 aliphatic carbocycles. The van der Waals surface area contributed by atoms with Gasteiger partial charge in [0.05, 0.1) is 19.2 Å². The Bertz CT molecular complexity index is 815. The minimum absolute atomic E-state index is 0.0196. The molecule has 0 atom stereocenters. The lowest BCUT2D eigenvalue weighted by atomic mass is 10.1. The number of carbonyl (C=O) groups excluding carboxylic acids is 1. The smallest absolute Gasteiger partial charge is 0.258 e. The highest BCUT2D eigenvalue weighted by Crippen LogP contribution is 2.27. The molecule has 2 aromatic rings. The normalized spacial score (nSPS) is 17.1. The summed E-state index contributed by atoms with van der Waals surface area (Å²) in [5, 5.41) is 0. The van der Waals surface area contributed by atoms with Crippen molar-refractivity contribution in [3.63, 3.8) is 0 Å². The second-order valence-corrected chi connectivity index (χ2v) is 7.20. The van der Waals surface area contributed by atoms with Crippen LogP contribution in [-0.2, 0) is 13.1 Å². The maximum absolute atomic E-state index is 13.1. The topological polar surface area (TPSA) is 42.0 Å². The summed E-state index contributed by atoms with van der Waals surface area (Å²) in [6, 6.07) is 13.8. The lowest BCUT2D eigenvalue weighted by molar-refractivity contribution is 0.0730. The third-order valence-electron chi connectivity index (χ3n) is 5.33. The van der Waals surface area contributed by atoms with E-state index in [4.69, 9.17) is 9.47 Å². The van der Waals surface area contributed by atoms with Gasteiger partial charge in [0.1, 0.15) is 18.1 Å². The lowest BCUT2D eigenvalue weighted by Gasteiger charge is -2.21. The van der Waals surface area contributed by atoms with Gasteiger partial charge in [0.25, 0.3) is 5.91 Å². The third-order valence-corrected chi connectivity index (χ3v) is 5.33. The number of fused-ring (bicyclic) bond motifs is 1. The molecule has 0 bridgehead atoms. The Hall–Kier alpha value is -2.53. The minimum atomic E-state index is -0.0196. The number of amides is 1. The van der Waals surface area contributed by atoms with Crippen LogP contribution < -0.4 is 9.47 Å². The number of rotatable bonds is 4. The molecule has 2 aliphatic heterocycles. The Morgan fingerprint density at radius 3 is 2.74 bits per heavy atom. The van der Waals surface area contributed by atoms with E-state index in [2.05, 4.69) is 23.1 Å². The first-order chi connectivity index (χ1) is 13.2. The Balaban J connectivity index is 1.55. The molecule has 0 unspecified atom stereocenters. The highest BCUT2D eigenvalue weighted by molar-refractivity contribution is 5.97. The number of hydrogen-bond donors (Lipinski definition) is 0. The van der Waals surface area contributed by atoms with Crippen molar-refractivity contribution in [2.45, 2.75) is 25.9 Å². The Morgan fingerprint density at radius 1 is 1.11 bits per heavy atom. The minimum Gasteiger partial charge on any atom is -0.496 e. The fraction of sp³-hybridized carbons (Fsp3) is 0.409. The quantitative estimate of drug-likeness (QED) is 0.832. The maximum Gasteiger partial charge on any atom is 0.258 e. The van der Waals surface area contributed by atoms with Crippen LogP contribution in [0.25, 0.3) is 0 Å². The molecule has 5 nitrogen and oxygen atoms in total. The van der Waals surface area contributed by atoms with Gasteiger partial charge < -0.3 is 14.4 Å². The molecule has 142 valence electrons. The molecule has 27 heavy (non-hydrogen) atoms. The van der Waals surface area contributed by atoms with Gasteiger partial charge in [-0.15, -0.1) is 0 Å². The van der Waals surface area contributed by atoms with E-state index in [-0.39, 0.29) is 5.91 Å². The van der Waals surface area contributed by atoms with Crippen LogP contribution in [-0.4, -0.2) is 49.1 Å². The van der Waals surface area contributed by atoms with Crippen LogP contribution >= 0.6 is 0 Å². The van der Waals surface area contributed by atoms with E-state index >= 15 is 0 Å². The van der Waals surface area contributed by atoms with E-state index < -0.39 is 0 Å². The summed E-state index contributed by atoms with van der Waals surface area (Å²) in [5.41, 5.74) is 2.95. The lowest BCUT2D eigenvalue weighted by Crippen LogP contribution is -2.32. The van der Waals surface area contributed by atoms with Crippen molar-refractivity contribution >= 4 is 5.91 Å². The molecule has 4 rings (SSSR count). The van der Waals surface area contributed by atoms with Gasteiger partial charge >= 0.3 is 0 Å². The molecular formula is C22H26N2O3. The van der Waals surface area contributed by atoms with E-state index in [0.717, 1.165) is 17.9 Å². The highest BCUT2D eigenvalue weighted by atomic mass is 16.5. The Morgan fingerprint density at radius 2 is 1.93 bits per heavy atom. The maximum atomic E-state index is 13.1. The molecule has 0 spiro atoms. The number of hydrogen-bond acceptors (Lipinski definition) is 4. The molecule has 2 aromatic carbocycles. The SMILES string of the molecule is COc1ccccc1C(=O)N1CCOc2ccc(CN3CCCC3)cc2C1. The zero-order valence-electron chi connectivity index (χ0n) is 15.8. The van der Waals surface area contributed by atoms with E-state index in [1.54, 1.807) is 7.11 Å². The van der Waals surface area contributed by atoms with Gasteiger partial charge in [0.2, 0.25) is 0 Å². The average Bonchev–Trinajstić information content (AvgIpc) is 3.11. The van der Waals surface area contributed by atoms with Crippen LogP contribution in [0.2, 0.25) is 0 Å². The number of likely N-dealkylation sites (tertiary alicyclic amines) is 1. The molecule has 5 heteroatoms. The van der Waals surface area contributed by atoms with Crippen molar-refractivity contribution in [1.29, 1.82) is 0 Å². The number of benzene rings is 2. The van der Waals surface area contributed by atoms with Gasteiger partial charge in [-0.2, -0.15) is 0 Å². The fourth-order valence-electron chi connectivity index (χ4n) is 3.91. The zero-order chi connectivity index (χ0) is 18.6. The van der Waals surface area contributed by atoms with Crippen LogP contribution in [0.3, 0.4) is 0 Å². The molecule has 0 radical (unpaired) electrons. The van der Waals surface area contributed by atoms with Crippen molar-refractivity contribution in [2.24, 2.45) is 0 Å². The number of methoxy groups -OCH3 is 1. The van der Waals surface area contributed by atoms with Gasteiger partial charge in [-0.05, 0) is 55.8 Å². The average molecular weight is 366 g/mol. The van der Waals surface area contributed by atoms with E-state index in [1.807, 2.05) is 29.2 Å². The molecule has 0 N–H and O–H groups in total. The predicted molar refractivity (Wildman–Crippen MR) is 104 cm³/mol. The van der Waals surface area contributed by atoms with Crippen LogP contribution in [0.15, 0.2) is 42.5 Å². The first-order valence-corrected chi connectivity index (χ1v) is 9.64. The third kappa shape index (κ3) is 3.93. The number of para-hydroxylation sites is 1. The molecule has 1 saturated heterocycles. The summed E-state index contributed by atoms with van der Waals surface area (Å²) in [5.74, 6) is 1.47. The summed E-state index contributed by atoms with van der Waals surface area (Å²) in [6.45, 7) is 4.93. The van der Waals surface area contributed by atoms with Gasteiger partial charge in [-0.25, -0.2) is 0 Å². The number of ether oxygens (including phenoxy) is 2. The second kappa shape index (κ2) is 8.01. The van der Waals surface area contributed by atoms with Gasteiger partial charge in [0.15, 0.2) is 0 Å². The number of nitrogens with zero attached hydrogens (tertiary/aromatic N) is 2. The molecule has 0 saturated carbocycles. The van der Waals surface area contributed by atoms with Gasteiger partial charge in [-0.3, -0.25) is 9.69 Å². The van der Waals surface area contributed by atoms with Crippen LogP contribution in [0.1, 0.15) is 34.3 Å². The summed E-state index contributed by atoms with van der Waals surface area (Å²) < 4.78 is 11.3. The van der Waals surface area contributed by atoms with Crippen molar-refractivity contribution in [3.05, 3.63) is 59.2 Å². The van der Waals surface area contributed by atoms with Crippen LogP contribution in [0.5, 0.6) is 11.5 Å². The van der Waals surface area contributed by atoms with Crippen molar-refractivity contribution in [2.75, 3.05) is 33.4 Å². The highest BCUT2D eigenvalue weighted by Gasteiger charge is 2.23. The van der Waals surface area contributed by atoms with E-state index in [1.165, 1.54) is 31.5 Å². The van der Waals surface area contributed by atoms with E-state index in [0.29, 0.717) is 31.0 Å². The summed E-state index contributed by atoms with van der Waals surface area (Å²) in [7, 11) is 1.59.